The summed E-state index contributed by atoms with van der Waals surface area (Å²) in [7, 11) is 0. The lowest BCUT2D eigenvalue weighted by Crippen LogP contribution is -2.76. The third kappa shape index (κ3) is 3.37. The summed E-state index contributed by atoms with van der Waals surface area (Å²) in [4.78, 5) is 4.29. The summed E-state index contributed by atoms with van der Waals surface area (Å²) in [5.74, 6) is 2.89. The van der Waals surface area contributed by atoms with Crippen molar-refractivity contribution in [2.24, 2.45) is 29.4 Å². The fourth-order valence-electron chi connectivity index (χ4n) is 8.36. The van der Waals surface area contributed by atoms with Gasteiger partial charge in [-0.25, -0.2) is 4.98 Å². The Bertz CT molecular complexity index is 770. The quantitative estimate of drug-likeness (QED) is 0.682. The molecule has 7 unspecified atom stereocenters. The SMILES string of the molecule is CC12CCCC3CC(C4CCCC(Cc5ccc(N)nc5)C4)(CC(N)(CCO)C31)O2. The molecule has 2 aliphatic heterocycles. The molecule has 5 heteroatoms. The average molecular weight is 414 g/mol. The number of anilines is 1. The molecule has 0 aromatic carbocycles. The molecule has 3 heterocycles. The minimum absolute atomic E-state index is 0.101. The van der Waals surface area contributed by atoms with Crippen LogP contribution in [-0.2, 0) is 11.2 Å². The van der Waals surface area contributed by atoms with Gasteiger partial charge in [0.1, 0.15) is 5.82 Å². The molecule has 5 N–H and O–H groups in total. The number of hydrogen-bond acceptors (Lipinski definition) is 5. The van der Waals surface area contributed by atoms with E-state index in [4.69, 9.17) is 16.2 Å². The summed E-state index contributed by atoms with van der Waals surface area (Å²) in [6, 6.07) is 4.05. The molecule has 2 saturated heterocycles. The van der Waals surface area contributed by atoms with Gasteiger partial charge in [-0.3, -0.25) is 0 Å². The predicted octanol–water partition coefficient (Wildman–Crippen LogP) is 3.83. The summed E-state index contributed by atoms with van der Waals surface area (Å²) in [5.41, 5.74) is 13.7. The Balaban J connectivity index is 1.40. The number of aromatic nitrogens is 1. The highest BCUT2D eigenvalue weighted by molar-refractivity contribution is 5.29. The molecule has 5 aliphatic rings. The molecule has 7 atom stereocenters. The summed E-state index contributed by atoms with van der Waals surface area (Å²) in [6.45, 7) is 2.51. The molecule has 5 nitrogen and oxygen atoms in total. The van der Waals surface area contributed by atoms with E-state index in [0.717, 1.165) is 19.3 Å². The lowest BCUT2D eigenvalue weighted by Gasteiger charge is -2.70. The molecule has 166 valence electrons. The molecule has 1 aromatic heterocycles. The van der Waals surface area contributed by atoms with Crippen LogP contribution >= 0.6 is 0 Å². The number of hydrogen-bond donors (Lipinski definition) is 3. The maximum atomic E-state index is 9.84. The second-order valence-corrected chi connectivity index (χ2v) is 11.2. The highest BCUT2D eigenvalue weighted by Gasteiger charge is 2.68. The van der Waals surface area contributed by atoms with Crippen molar-refractivity contribution >= 4 is 5.82 Å². The van der Waals surface area contributed by atoms with E-state index in [1.54, 1.807) is 0 Å². The van der Waals surface area contributed by atoms with Crippen molar-refractivity contribution in [1.82, 2.24) is 4.98 Å². The van der Waals surface area contributed by atoms with E-state index >= 15 is 0 Å². The Hall–Kier alpha value is -1.17. The fourth-order valence-corrected chi connectivity index (χ4v) is 8.36. The number of nitrogens with two attached hydrogens (primary N) is 2. The Morgan fingerprint density at radius 2 is 2.10 bits per heavy atom. The summed E-state index contributed by atoms with van der Waals surface area (Å²) in [5, 5.41) is 9.84. The molecule has 3 saturated carbocycles. The largest absolute Gasteiger partial charge is 0.396 e. The molecule has 0 amide bonds. The number of rotatable bonds is 5. The van der Waals surface area contributed by atoms with Crippen LogP contribution in [0.5, 0.6) is 0 Å². The van der Waals surface area contributed by atoms with Gasteiger partial charge in [0.15, 0.2) is 0 Å². The van der Waals surface area contributed by atoms with E-state index < -0.39 is 0 Å². The molecule has 5 fully saturated rings. The van der Waals surface area contributed by atoms with Gasteiger partial charge in [-0.2, -0.15) is 0 Å². The van der Waals surface area contributed by atoms with E-state index in [-0.39, 0.29) is 23.3 Å². The van der Waals surface area contributed by atoms with Gasteiger partial charge in [-0.1, -0.05) is 25.3 Å². The molecular weight excluding hydrogens is 374 g/mol. The predicted molar refractivity (Wildman–Crippen MR) is 119 cm³/mol. The van der Waals surface area contributed by atoms with E-state index in [9.17, 15) is 5.11 Å². The van der Waals surface area contributed by atoms with Crippen LogP contribution in [0.3, 0.4) is 0 Å². The zero-order chi connectivity index (χ0) is 21.0. The van der Waals surface area contributed by atoms with Gasteiger partial charge in [0.05, 0.1) is 11.2 Å². The normalized spacial score (nSPS) is 45.4. The highest BCUT2D eigenvalue weighted by atomic mass is 16.5. The topological polar surface area (TPSA) is 94.4 Å². The first-order chi connectivity index (χ1) is 14.4. The highest BCUT2D eigenvalue weighted by Crippen LogP contribution is 2.65. The van der Waals surface area contributed by atoms with Gasteiger partial charge in [0.2, 0.25) is 0 Å². The third-order valence-corrected chi connectivity index (χ3v) is 9.15. The maximum Gasteiger partial charge on any atom is 0.123 e. The molecule has 6 rings (SSSR count). The van der Waals surface area contributed by atoms with Crippen molar-refractivity contribution in [3.63, 3.8) is 0 Å². The zero-order valence-electron chi connectivity index (χ0n) is 18.5. The van der Waals surface area contributed by atoms with Crippen molar-refractivity contribution in [2.75, 3.05) is 12.3 Å². The van der Waals surface area contributed by atoms with E-state index in [2.05, 4.69) is 18.0 Å². The van der Waals surface area contributed by atoms with Gasteiger partial charge in [-0.15, -0.1) is 0 Å². The second-order valence-electron chi connectivity index (χ2n) is 11.2. The Morgan fingerprint density at radius 1 is 1.23 bits per heavy atom. The van der Waals surface area contributed by atoms with Crippen molar-refractivity contribution in [3.05, 3.63) is 23.9 Å². The number of nitrogen functional groups attached to an aromatic ring is 1. The number of pyridine rings is 1. The van der Waals surface area contributed by atoms with Gasteiger partial charge >= 0.3 is 0 Å². The molecular formula is C25H39N3O2. The Morgan fingerprint density at radius 3 is 2.83 bits per heavy atom. The van der Waals surface area contributed by atoms with Crippen LogP contribution < -0.4 is 11.5 Å². The van der Waals surface area contributed by atoms with Crippen LogP contribution in [0.25, 0.3) is 0 Å². The summed E-state index contributed by atoms with van der Waals surface area (Å²) in [6.07, 6.45) is 14.5. The first-order valence-electron chi connectivity index (χ1n) is 12.2. The first kappa shape index (κ1) is 20.7. The zero-order valence-corrected chi connectivity index (χ0v) is 18.5. The molecule has 30 heavy (non-hydrogen) atoms. The van der Waals surface area contributed by atoms with Crippen LogP contribution in [0, 0.1) is 23.7 Å². The summed E-state index contributed by atoms with van der Waals surface area (Å²) >= 11 is 0. The lowest BCUT2D eigenvalue weighted by molar-refractivity contribution is -0.324. The number of ether oxygens (including phenoxy) is 1. The first-order valence-corrected chi connectivity index (χ1v) is 12.2. The van der Waals surface area contributed by atoms with Crippen LogP contribution in [0.4, 0.5) is 5.82 Å². The minimum Gasteiger partial charge on any atom is -0.396 e. The van der Waals surface area contributed by atoms with E-state index in [1.165, 1.54) is 50.5 Å². The fraction of sp³-hybridized carbons (Fsp3) is 0.800. The van der Waals surface area contributed by atoms with Gasteiger partial charge in [0, 0.05) is 24.3 Å². The monoisotopic (exact) mass is 413 g/mol. The smallest absolute Gasteiger partial charge is 0.123 e. The second kappa shape index (κ2) is 7.46. The van der Waals surface area contributed by atoms with Crippen LogP contribution in [-0.4, -0.2) is 33.4 Å². The number of aliphatic hydroxyl groups is 1. The molecule has 0 radical (unpaired) electrons. The van der Waals surface area contributed by atoms with E-state index in [1.807, 2.05) is 12.3 Å². The van der Waals surface area contributed by atoms with Gasteiger partial charge in [-0.05, 0) is 87.7 Å². The van der Waals surface area contributed by atoms with E-state index in [0.29, 0.717) is 35.9 Å². The van der Waals surface area contributed by atoms with Gasteiger partial charge in [0.25, 0.3) is 0 Å². The van der Waals surface area contributed by atoms with Crippen molar-refractivity contribution in [1.29, 1.82) is 0 Å². The molecule has 3 aliphatic carbocycles. The molecule has 1 aromatic rings. The third-order valence-electron chi connectivity index (χ3n) is 9.15. The van der Waals surface area contributed by atoms with Gasteiger partial charge < -0.3 is 21.3 Å². The Kier molecular flexibility index (Phi) is 5.15. The van der Waals surface area contributed by atoms with Crippen LogP contribution in [0.1, 0.15) is 76.7 Å². The summed E-state index contributed by atoms with van der Waals surface area (Å²) < 4.78 is 7.14. The maximum absolute atomic E-state index is 9.84. The number of nitrogens with zero attached hydrogens (tertiary/aromatic N) is 1. The molecule has 4 bridgehead atoms. The molecule has 0 spiro atoms. The number of aliphatic hydroxyl groups excluding tert-OH is 1. The lowest BCUT2D eigenvalue weighted by atomic mass is 9.46. The minimum atomic E-state index is -0.279. The van der Waals surface area contributed by atoms with Crippen LogP contribution in [0.15, 0.2) is 18.3 Å². The standard InChI is InChI=1S/C25H39N3O2/c1-23-9-3-5-19-14-25(30-23,16-24(27,10-11-29)22(19)23)20-6-2-4-17(13-20)12-18-7-8-21(26)28-15-18/h7-8,15,17,19-20,22,29H,2-6,9-14,16,27H2,1H3,(H2,26,28). The van der Waals surface area contributed by atoms with Crippen molar-refractivity contribution in [3.8, 4) is 0 Å². The van der Waals surface area contributed by atoms with Crippen molar-refractivity contribution in [2.45, 2.75) is 94.3 Å². The Labute approximate surface area is 181 Å². The van der Waals surface area contributed by atoms with Crippen molar-refractivity contribution < 1.29 is 9.84 Å². The number of fused-ring (bicyclic) bond motifs is 1. The van der Waals surface area contributed by atoms with Crippen LogP contribution in [0.2, 0.25) is 0 Å². The average Bonchev–Trinajstić information content (AvgIpc) is 2.69.